The lowest BCUT2D eigenvalue weighted by atomic mass is 10.2. The number of ether oxygens (including phenoxy) is 3. The van der Waals surface area contributed by atoms with Gasteiger partial charge in [-0.3, -0.25) is 20.4 Å². The Morgan fingerprint density at radius 3 is 2.37 bits per heavy atom. The van der Waals surface area contributed by atoms with Crippen molar-refractivity contribution in [3.63, 3.8) is 0 Å². The fourth-order valence-electron chi connectivity index (χ4n) is 2.16. The van der Waals surface area contributed by atoms with Gasteiger partial charge in [-0.25, -0.2) is 0 Å². The predicted molar refractivity (Wildman–Crippen MR) is 101 cm³/mol. The number of hydrogen-bond donors (Lipinski definition) is 2. The highest BCUT2D eigenvalue weighted by Crippen LogP contribution is 2.15. The van der Waals surface area contributed by atoms with Crippen molar-refractivity contribution >= 4 is 11.8 Å². The zero-order valence-corrected chi connectivity index (χ0v) is 15.5. The van der Waals surface area contributed by atoms with Gasteiger partial charge in [0, 0.05) is 12.2 Å². The average molecular weight is 372 g/mol. The lowest BCUT2D eigenvalue weighted by Gasteiger charge is -2.10. The Bertz CT molecular complexity index is 746. The second-order valence-corrected chi connectivity index (χ2v) is 5.63. The minimum absolute atomic E-state index is 0.197. The van der Waals surface area contributed by atoms with Crippen molar-refractivity contribution in [1.82, 2.24) is 10.9 Å². The Labute approximate surface area is 158 Å². The fourth-order valence-corrected chi connectivity index (χ4v) is 2.16. The molecule has 0 aliphatic heterocycles. The molecule has 0 heterocycles. The molecule has 144 valence electrons. The van der Waals surface area contributed by atoms with E-state index in [-0.39, 0.29) is 6.61 Å². The third-order valence-corrected chi connectivity index (χ3v) is 3.58. The van der Waals surface area contributed by atoms with Crippen LogP contribution in [0.4, 0.5) is 0 Å². The molecule has 0 radical (unpaired) electrons. The van der Waals surface area contributed by atoms with Crippen LogP contribution < -0.4 is 20.3 Å². The summed E-state index contributed by atoms with van der Waals surface area (Å²) in [5.74, 6) is 0.378. The van der Waals surface area contributed by atoms with E-state index in [9.17, 15) is 9.59 Å². The van der Waals surface area contributed by atoms with E-state index in [1.165, 1.54) is 0 Å². The highest BCUT2D eigenvalue weighted by atomic mass is 16.5. The maximum atomic E-state index is 12.1. The monoisotopic (exact) mass is 372 g/mol. The van der Waals surface area contributed by atoms with E-state index in [4.69, 9.17) is 14.2 Å². The van der Waals surface area contributed by atoms with Crippen LogP contribution in [0.25, 0.3) is 0 Å². The quantitative estimate of drug-likeness (QED) is 0.521. The first-order valence-corrected chi connectivity index (χ1v) is 8.68. The maximum absolute atomic E-state index is 12.1. The van der Waals surface area contributed by atoms with Gasteiger partial charge < -0.3 is 14.2 Å². The summed E-state index contributed by atoms with van der Waals surface area (Å²) in [6.45, 7) is 5.20. The van der Waals surface area contributed by atoms with Crippen LogP contribution in [0.15, 0.2) is 48.5 Å². The summed E-state index contributed by atoms with van der Waals surface area (Å²) in [6, 6.07) is 14.0. The van der Waals surface area contributed by atoms with Gasteiger partial charge >= 0.3 is 0 Å². The Hall–Kier alpha value is -3.06. The molecule has 0 saturated heterocycles. The molecule has 7 heteroatoms. The van der Waals surface area contributed by atoms with E-state index in [1.54, 1.807) is 30.3 Å². The standard InChI is InChI=1S/C20H24N2O5/c1-3-25-12-13-26-17-10-8-16(9-11-17)20(24)22-21-19(23)14-27-18-7-5-4-6-15(18)2/h4-11H,3,12-14H2,1-2H3,(H,21,23)(H,22,24). The Kier molecular flexibility index (Phi) is 8.12. The molecule has 2 N–H and O–H groups in total. The number of para-hydroxylation sites is 1. The van der Waals surface area contributed by atoms with Gasteiger partial charge in [0.1, 0.15) is 18.1 Å². The van der Waals surface area contributed by atoms with Gasteiger partial charge in [-0.05, 0) is 49.7 Å². The SMILES string of the molecule is CCOCCOc1ccc(C(=O)NNC(=O)COc2ccccc2C)cc1. The second kappa shape index (κ2) is 10.8. The zero-order chi connectivity index (χ0) is 19.5. The third kappa shape index (κ3) is 6.99. The Morgan fingerprint density at radius 2 is 1.67 bits per heavy atom. The highest BCUT2D eigenvalue weighted by molar-refractivity contribution is 5.95. The van der Waals surface area contributed by atoms with E-state index >= 15 is 0 Å². The second-order valence-electron chi connectivity index (χ2n) is 5.63. The summed E-state index contributed by atoms with van der Waals surface area (Å²) in [7, 11) is 0. The van der Waals surface area contributed by atoms with Crippen LogP contribution in [0.5, 0.6) is 11.5 Å². The van der Waals surface area contributed by atoms with Crippen molar-refractivity contribution in [3.8, 4) is 11.5 Å². The molecule has 0 aliphatic carbocycles. The number of hydrogen-bond acceptors (Lipinski definition) is 5. The smallest absolute Gasteiger partial charge is 0.276 e. The number of nitrogens with one attached hydrogen (secondary N) is 2. The first-order valence-electron chi connectivity index (χ1n) is 8.68. The van der Waals surface area contributed by atoms with Gasteiger partial charge in [-0.1, -0.05) is 18.2 Å². The summed E-state index contributed by atoms with van der Waals surface area (Å²) in [6.07, 6.45) is 0. The largest absolute Gasteiger partial charge is 0.491 e. The van der Waals surface area contributed by atoms with E-state index in [0.717, 1.165) is 5.56 Å². The molecule has 27 heavy (non-hydrogen) atoms. The molecular weight excluding hydrogens is 348 g/mol. The molecule has 0 saturated carbocycles. The molecule has 2 aromatic rings. The summed E-state index contributed by atoms with van der Waals surface area (Å²) >= 11 is 0. The normalized spacial score (nSPS) is 10.1. The molecule has 0 aliphatic rings. The van der Waals surface area contributed by atoms with Crippen molar-refractivity contribution < 1.29 is 23.8 Å². The topological polar surface area (TPSA) is 85.9 Å². The molecule has 2 aromatic carbocycles. The Balaban J connectivity index is 1.73. The molecule has 2 amide bonds. The van der Waals surface area contributed by atoms with Crippen LogP contribution in [0.2, 0.25) is 0 Å². The first-order chi connectivity index (χ1) is 13.1. The number of carbonyl (C=O) groups is 2. The molecule has 0 fully saturated rings. The van der Waals surface area contributed by atoms with Crippen LogP contribution in [0.3, 0.4) is 0 Å². The predicted octanol–water partition coefficient (Wildman–Crippen LogP) is 2.25. The van der Waals surface area contributed by atoms with E-state index in [2.05, 4.69) is 10.9 Å². The summed E-state index contributed by atoms with van der Waals surface area (Å²) in [5.41, 5.74) is 6.00. The number of carbonyl (C=O) groups excluding carboxylic acids is 2. The van der Waals surface area contributed by atoms with Crippen molar-refractivity contribution in [2.75, 3.05) is 26.4 Å². The van der Waals surface area contributed by atoms with E-state index in [0.29, 0.717) is 36.9 Å². The van der Waals surface area contributed by atoms with Crippen LogP contribution in [-0.2, 0) is 9.53 Å². The molecular formula is C20H24N2O5. The van der Waals surface area contributed by atoms with E-state index < -0.39 is 11.8 Å². The number of hydrazine groups is 1. The lowest BCUT2D eigenvalue weighted by molar-refractivity contribution is -0.123. The van der Waals surface area contributed by atoms with Gasteiger partial charge in [0.25, 0.3) is 11.8 Å². The van der Waals surface area contributed by atoms with Crippen LogP contribution in [0.1, 0.15) is 22.8 Å². The van der Waals surface area contributed by atoms with Crippen LogP contribution in [0, 0.1) is 6.92 Å². The van der Waals surface area contributed by atoms with Gasteiger partial charge in [0.15, 0.2) is 6.61 Å². The molecule has 0 spiro atoms. The first kappa shape index (κ1) is 20.3. The van der Waals surface area contributed by atoms with Gasteiger partial charge in [0.2, 0.25) is 0 Å². The van der Waals surface area contributed by atoms with Crippen LogP contribution >= 0.6 is 0 Å². The van der Waals surface area contributed by atoms with Crippen molar-refractivity contribution in [3.05, 3.63) is 59.7 Å². The average Bonchev–Trinajstić information content (AvgIpc) is 2.69. The van der Waals surface area contributed by atoms with Crippen molar-refractivity contribution in [1.29, 1.82) is 0 Å². The molecule has 0 aromatic heterocycles. The molecule has 0 atom stereocenters. The number of amides is 2. The summed E-state index contributed by atoms with van der Waals surface area (Å²) in [5, 5.41) is 0. The van der Waals surface area contributed by atoms with Gasteiger partial charge in [0.05, 0.1) is 6.61 Å². The van der Waals surface area contributed by atoms with Crippen molar-refractivity contribution in [2.45, 2.75) is 13.8 Å². The van der Waals surface area contributed by atoms with Gasteiger partial charge in [-0.15, -0.1) is 0 Å². The maximum Gasteiger partial charge on any atom is 0.276 e. The van der Waals surface area contributed by atoms with Gasteiger partial charge in [-0.2, -0.15) is 0 Å². The lowest BCUT2D eigenvalue weighted by Crippen LogP contribution is -2.43. The molecule has 0 unspecified atom stereocenters. The van der Waals surface area contributed by atoms with Crippen LogP contribution in [-0.4, -0.2) is 38.2 Å². The molecule has 7 nitrogen and oxygen atoms in total. The summed E-state index contributed by atoms with van der Waals surface area (Å²) in [4.78, 5) is 23.9. The van der Waals surface area contributed by atoms with E-state index in [1.807, 2.05) is 32.0 Å². The number of rotatable bonds is 9. The minimum atomic E-state index is -0.456. The molecule has 0 bridgehead atoms. The highest BCUT2D eigenvalue weighted by Gasteiger charge is 2.09. The Morgan fingerprint density at radius 1 is 0.926 bits per heavy atom. The number of aryl methyl sites for hydroxylation is 1. The third-order valence-electron chi connectivity index (χ3n) is 3.58. The minimum Gasteiger partial charge on any atom is -0.491 e. The van der Waals surface area contributed by atoms with Crippen molar-refractivity contribution in [2.24, 2.45) is 0 Å². The number of benzene rings is 2. The fraction of sp³-hybridized carbons (Fsp3) is 0.300. The molecule has 2 rings (SSSR count). The summed E-state index contributed by atoms with van der Waals surface area (Å²) < 4.78 is 16.1. The zero-order valence-electron chi connectivity index (χ0n) is 15.5.